The highest BCUT2D eigenvalue weighted by atomic mass is 15.1. The standard InChI is InChI=1S/C35H73N/c1-4-6-8-10-12-14-16-17-18-19-20-21-22-23-24-25-27-29-31-33-35-36(3)34-32-30-28-26-15-13-11-9-7-5-2/h4-35H2,1-3H3. The van der Waals surface area contributed by atoms with Gasteiger partial charge in [0.2, 0.25) is 0 Å². The van der Waals surface area contributed by atoms with Crippen LogP contribution in [0.25, 0.3) is 0 Å². The van der Waals surface area contributed by atoms with Crippen LogP contribution in [-0.4, -0.2) is 25.0 Å². The Kier molecular flexibility index (Phi) is 33.0. The number of hydrogen-bond acceptors (Lipinski definition) is 1. The first-order valence-electron chi connectivity index (χ1n) is 17.5. The second kappa shape index (κ2) is 33.0. The van der Waals surface area contributed by atoms with Crippen molar-refractivity contribution in [3.8, 4) is 0 Å². The van der Waals surface area contributed by atoms with Gasteiger partial charge in [-0.15, -0.1) is 0 Å². The predicted molar refractivity (Wildman–Crippen MR) is 167 cm³/mol. The molecule has 0 aromatic carbocycles. The summed E-state index contributed by atoms with van der Waals surface area (Å²) < 4.78 is 0. The highest BCUT2D eigenvalue weighted by molar-refractivity contribution is 4.55. The maximum Gasteiger partial charge on any atom is -0.00218 e. The zero-order valence-electron chi connectivity index (χ0n) is 26.1. The van der Waals surface area contributed by atoms with Crippen LogP contribution < -0.4 is 0 Å². The van der Waals surface area contributed by atoms with Crippen LogP contribution in [0.3, 0.4) is 0 Å². The third-order valence-corrected chi connectivity index (χ3v) is 8.29. The molecule has 0 unspecified atom stereocenters. The summed E-state index contributed by atoms with van der Waals surface area (Å²) in [5.74, 6) is 0. The highest BCUT2D eigenvalue weighted by Gasteiger charge is 2.00. The van der Waals surface area contributed by atoms with Gasteiger partial charge >= 0.3 is 0 Å². The van der Waals surface area contributed by atoms with E-state index in [-0.39, 0.29) is 0 Å². The molecular formula is C35H73N. The quantitative estimate of drug-likeness (QED) is 0.0818. The van der Waals surface area contributed by atoms with Gasteiger partial charge in [0.05, 0.1) is 0 Å². The van der Waals surface area contributed by atoms with Crippen molar-refractivity contribution in [3.63, 3.8) is 0 Å². The molecule has 0 heterocycles. The van der Waals surface area contributed by atoms with Crippen LogP contribution in [0.15, 0.2) is 0 Å². The molecule has 1 heteroatoms. The normalized spacial score (nSPS) is 11.7. The van der Waals surface area contributed by atoms with Crippen molar-refractivity contribution in [1.29, 1.82) is 0 Å². The lowest BCUT2D eigenvalue weighted by Gasteiger charge is -2.16. The zero-order valence-corrected chi connectivity index (χ0v) is 26.1. The van der Waals surface area contributed by atoms with Crippen molar-refractivity contribution in [3.05, 3.63) is 0 Å². The Balaban J connectivity index is 3.11. The lowest BCUT2D eigenvalue weighted by Crippen LogP contribution is -2.20. The van der Waals surface area contributed by atoms with E-state index in [0.29, 0.717) is 0 Å². The van der Waals surface area contributed by atoms with Crippen molar-refractivity contribution in [2.45, 2.75) is 206 Å². The van der Waals surface area contributed by atoms with Gasteiger partial charge in [0, 0.05) is 0 Å². The molecule has 218 valence electrons. The smallest absolute Gasteiger partial charge is 0.00218 e. The molecule has 0 atom stereocenters. The average molecular weight is 508 g/mol. The van der Waals surface area contributed by atoms with E-state index in [2.05, 4.69) is 25.8 Å². The monoisotopic (exact) mass is 508 g/mol. The minimum atomic E-state index is 1.32. The van der Waals surface area contributed by atoms with Crippen molar-refractivity contribution in [2.24, 2.45) is 0 Å². The molecule has 0 spiro atoms. The fourth-order valence-electron chi connectivity index (χ4n) is 5.62. The SMILES string of the molecule is CCCCCCCCCCCCCCCCCCCCCCN(C)CCCCCCCCCCCC. The lowest BCUT2D eigenvalue weighted by molar-refractivity contribution is 0.314. The fraction of sp³-hybridized carbons (Fsp3) is 1.00. The minimum Gasteiger partial charge on any atom is -0.306 e. The first kappa shape index (κ1) is 36.0. The molecule has 0 aliphatic heterocycles. The fourth-order valence-corrected chi connectivity index (χ4v) is 5.62. The maximum absolute atomic E-state index is 2.58. The van der Waals surface area contributed by atoms with Gasteiger partial charge in [0.1, 0.15) is 0 Å². The van der Waals surface area contributed by atoms with Crippen LogP contribution in [0.2, 0.25) is 0 Å². The van der Waals surface area contributed by atoms with E-state index in [0.717, 1.165) is 0 Å². The summed E-state index contributed by atoms with van der Waals surface area (Å²) in [5, 5.41) is 0. The van der Waals surface area contributed by atoms with Crippen LogP contribution in [0.4, 0.5) is 0 Å². The van der Waals surface area contributed by atoms with Gasteiger partial charge in [0.15, 0.2) is 0 Å². The van der Waals surface area contributed by atoms with Crippen LogP contribution in [0.5, 0.6) is 0 Å². The van der Waals surface area contributed by atoms with Gasteiger partial charge in [-0.3, -0.25) is 0 Å². The molecule has 1 nitrogen and oxygen atoms in total. The van der Waals surface area contributed by atoms with Gasteiger partial charge in [-0.1, -0.05) is 194 Å². The van der Waals surface area contributed by atoms with Crippen LogP contribution in [-0.2, 0) is 0 Å². The Morgan fingerprint density at radius 3 is 0.611 bits per heavy atom. The van der Waals surface area contributed by atoms with E-state index in [1.807, 2.05) is 0 Å². The Bertz CT molecular complexity index is 366. The Morgan fingerprint density at radius 1 is 0.250 bits per heavy atom. The first-order valence-corrected chi connectivity index (χ1v) is 17.5. The van der Waals surface area contributed by atoms with Gasteiger partial charge in [-0.2, -0.15) is 0 Å². The van der Waals surface area contributed by atoms with Crippen molar-refractivity contribution in [2.75, 3.05) is 20.1 Å². The van der Waals surface area contributed by atoms with E-state index >= 15 is 0 Å². The lowest BCUT2D eigenvalue weighted by atomic mass is 10.0. The Morgan fingerprint density at radius 2 is 0.417 bits per heavy atom. The minimum absolute atomic E-state index is 1.32. The van der Waals surface area contributed by atoms with E-state index in [1.165, 1.54) is 206 Å². The van der Waals surface area contributed by atoms with Crippen LogP contribution >= 0.6 is 0 Å². The first-order chi connectivity index (χ1) is 17.8. The maximum atomic E-state index is 2.58. The molecule has 0 aliphatic rings. The van der Waals surface area contributed by atoms with Gasteiger partial charge in [-0.05, 0) is 33.0 Å². The molecule has 0 amide bonds. The summed E-state index contributed by atoms with van der Waals surface area (Å²) in [6.07, 6.45) is 43.8. The van der Waals surface area contributed by atoms with Crippen molar-refractivity contribution < 1.29 is 0 Å². The van der Waals surface area contributed by atoms with Crippen LogP contribution in [0, 0.1) is 0 Å². The molecule has 0 bridgehead atoms. The highest BCUT2D eigenvalue weighted by Crippen LogP contribution is 2.15. The third-order valence-electron chi connectivity index (χ3n) is 8.29. The molecular weight excluding hydrogens is 434 g/mol. The van der Waals surface area contributed by atoms with Gasteiger partial charge in [-0.25, -0.2) is 0 Å². The van der Waals surface area contributed by atoms with Gasteiger partial charge in [0.25, 0.3) is 0 Å². The zero-order chi connectivity index (χ0) is 26.2. The van der Waals surface area contributed by atoms with E-state index in [1.54, 1.807) is 0 Å². The topological polar surface area (TPSA) is 3.24 Å². The molecule has 0 N–H and O–H groups in total. The number of rotatable bonds is 32. The summed E-state index contributed by atoms with van der Waals surface area (Å²) in [4.78, 5) is 2.58. The van der Waals surface area contributed by atoms with E-state index < -0.39 is 0 Å². The second-order valence-electron chi connectivity index (χ2n) is 12.2. The molecule has 36 heavy (non-hydrogen) atoms. The molecule has 0 saturated heterocycles. The molecule has 0 fully saturated rings. The largest absolute Gasteiger partial charge is 0.306 e. The molecule has 0 rings (SSSR count). The number of unbranched alkanes of at least 4 members (excludes halogenated alkanes) is 28. The van der Waals surface area contributed by atoms with Crippen molar-refractivity contribution >= 4 is 0 Å². The van der Waals surface area contributed by atoms with Crippen LogP contribution in [0.1, 0.15) is 206 Å². The third kappa shape index (κ3) is 32.0. The molecule has 0 radical (unpaired) electrons. The Hall–Kier alpha value is -0.0400. The molecule has 0 aliphatic carbocycles. The summed E-state index contributed by atoms with van der Waals surface area (Å²) in [7, 11) is 2.34. The molecule has 0 saturated carbocycles. The summed E-state index contributed by atoms with van der Waals surface area (Å²) in [6, 6.07) is 0. The average Bonchev–Trinajstić information content (AvgIpc) is 2.88. The molecule has 0 aromatic rings. The molecule has 0 aromatic heterocycles. The Labute approximate surface area is 231 Å². The number of hydrogen-bond donors (Lipinski definition) is 0. The summed E-state index contributed by atoms with van der Waals surface area (Å²) >= 11 is 0. The van der Waals surface area contributed by atoms with Crippen molar-refractivity contribution in [1.82, 2.24) is 4.90 Å². The second-order valence-corrected chi connectivity index (χ2v) is 12.2. The van der Waals surface area contributed by atoms with E-state index in [4.69, 9.17) is 0 Å². The number of nitrogens with zero attached hydrogens (tertiary/aromatic N) is 1. The van der Waals surface area contributed by atoms with Gasteiger partial charge < -0.3 is 4.90 Å². The van der Waals surface area contributed by atoms with E-state index in [9.17, 15) is 0 Å². The predicted octanol–water partition coefficient (Wildman–Crippen LogP) is 12.7. The summed E-state index contributed by atoms with van der Waals surface area (Å²) in [5.41, 5.74) is 0. The summed E-state index contributed by atoms with van der Waals surface area (Å²) in [6.45, 7) is 7.24.